The predicted octanol–water partition coefficient (Wildman–Crippen LogP) is 2.28. The predicted molar refractivity (Wildman–Crippen MR) is 40.6 cm³/mol. The minimum Gasteiger partial charge on any atom is -0.381 e. The quantitative estimate of drug-likeness (QED) is 0.594. The van der Waals surface area contributed by atoms with Gasteiger partial charge in [-0.15, -0.1) is 0 Å². The summed E-state index contributed by atoms with van der Waals surface area (Å²) in [6.45, 7) is 1.74. The molecule has 0 N–H and O–H groups in total. The Morgan fingerprint density at radius 3 is 1.88 bits per heavy atom. The van der Waals surface area contributed by atoms with Gasteiger partial charge in [-0.3, -0.25) is 0 Å². The summed E-state index contributed by atoms with van der Waals surface area (Å²) in [4.78, 5) is 0. The van der Waals surface area contributed by atoms with Crippen LogP contribution in [0.2, 0.25) is 0 Å². The van der Waals surface area contributed by atoms with Gasteiger partial charge in [0.05, 0.1) is 3.23 Å². The fraction of sp³-hybridized carbons (Fsp3) is 1.00. The van der Waals surface area contributed by atoms with Crippen molar-refractivity contribution in [3.05, 3.63) is 0 Å². The molecule has 1 heterocycles. The molecule has 0 aromatic rings. The van der Waals surface area contributed by atoms with E-state index in [0.29, 0.717) is 0 Å². The van der Waals surface area contributed by atoms with Crippen LogP contribution in [0.15, 0.2) is 0 Å². The minimum atomic E-state index is 0.179. The van der Waals surface area contributed by atoms with Crippen molar-refractivity contribution in [2.45, 2.75) is 16.1 Å². The number of rotatable bonds is 0. The maximum Gasteiger partial charge on any atom is 0.0849 e. The Morgan fingerprint density at radius 1 is 1.12 bits per heavy atom. The molecule has 0 aliphatic carbocycles. The Hall–Kier alpha value is 0.920. The highest BCUT2D eigenvalue weighted by atomic mass is 79.9. The Bertz CT molecular complexity index is 74.5. The van der Waals surface area contributed by atoms with Gasteiger partial charge in [0, 0.05) is 13.2 Å². The van der Waals surface area contributed by atoms with Gasteiger partial charge in [0.2, 0.25) is 0 Å². The molecule has 3 heteroatoms. The molecule has 0 bridgehead atoms. The van der Waals surface area contributed by atoms with Crippen molar-refractivity contribution >= 4 is 31.9 Å². The molecule has 0 spiro atoms. The van der Waals surface area contributed by atoms with Gasteiger partial charge in [0.15, 0.2) is 0 Å². The highest BCUT2D eigenvalue weighted by molar-refractivity contribution is 9.25. The van der Waals surface area contributed by atoms with Crippen LogP contribution in [-0.2, 0) is 4.74 Å². The first kappa shape index (κ1) is 7.03. The van der Waals surface area contributed by atoms with Gasteiger partial charge >= 0.3 is 0 Å². The minimum absolute atomic E-state index is 0.179. The topological polar surface area (TPSA) is 9.23 Å². The second kappa shape index (κ2) is 2.67. The first-order chi connectivity index (χ1) is 3.71. The maximum absolute atomic E-state index is 5.15. The second-order valence-corrected chi connectivity index (χ2v) is 6.07. The van der Waals surface area contributed by atoms with Crippen LogP contribution in [0.4, 0.5) is 0 Å². The van der Waals surface area contributed by atoms with E-state index in [1.165, 1.54) is 0 Å². The monoisotopic (exact) mass is 242 g/mol. The van der Waals surface area contributed by atoms with Crippen LogP contribution in [0, 0.1) is 0 Å². The van der Waals surface area contributed by atoms with Crippen molar-refractivity contribution in [1.29, 1.82) is 0 Å². The van der Waals surface area contributed by atoms with Crippen LogP contribution >= 0.6 is 31.9 Å². The van der Waals surface area contributed by atoms with E-state index in [0.717, 1.165) is 26.1 Å². The Balaban J connectivity index is 2.33. The second-order valence-electron chi connectivity index (χ2n) is 1.97. The van der Waals surface area contributed by atoms with E-state index in [1.807, 2.05) is 0 Å². The SMILES string of the molecule is BrC1(Br)CCOCC1. The van der Waals surface area contributed by atoms with E-state index in [-0.39, 0.29) is 3.23 Å². The molecule has 1 aliphatic rings. The molecule has 0 saturated carbocycles. The Morgan fingerprint density at radius 2 is 1.62 bits per heavy atom. The number of ether oxygens (including phenoxy) is 1. The fourth-order valence-corrected chi connectivity index (χ4v) is 1.32. The zero-order chi connectivity index (χ0) is 6.04. The van der Waals surface area contributed by atoms with E-state index in [9.17, 15) is 0 Å². The molecule has 0 amide bonds. The fourth-order valence-electron chi connectivity index (χ4n) is 0.670. The van der Waals surface area contributed by atoms with Crippen LogP contribution < -0.4 is 0 Å². The summed E-state index contributed by atoms with van der Waals surface area (Å²) in [5, 5.41) is 0. The van der Waals surface area contributed by atoms with E-state index >= 15 is 0 Å². The Kier molecular flexibility index (Phi) is 2.35. The van der Waals surface area contributed by atoms with E-state index in [4.69, 9.17) is 4.74 Å². The van der Waals surface area contributed by atoms with E-state index < -0.39 is 0 Å². The third-order valence-electron chi connectivity index (χ3n) is 1.22. The van der Waals surface area contributed by atoms with Crippen molar-refractivity contribution in [3.63, 3.8) is 0 Å². The van der Waals surface area contributed by atoms with E-state index in [2.05, 4.69) is 31.9 Å². The van der Waals surface area contributed by atoms with Crippen molar-refractivity contribution < 1.29 is 4.74 Å². The molecular weight excluding hydrogens is 236 g/mol. The summed E-state index contributed by atoms with van der Waals surface area (Å²) in [6.07, 6.45) is 2.12. The maximum atomic E-state index is 5.15. The van der Waals surface area contributed by atoms with Gasteiger partial charge in [0.25, 0.3) is 0 Å². The summed E-state index contributed by atoms with van der Waals surface area (Å²) in [5.41, 5.74) is 0. The van der Waals surface area contributed by atoms with Crippen molar-refractivity contribution in [3.8, 4) is 0 Å². The summed E-state index contributed by atoms with van der Waals surface area (Å²) in [7, 11) is 0. The molecule has 0 radical (unpaired) electrons. The van der Waals surface area contributed by atoms with Gasteiger partial charge < -0.3 is 4.74 Å². The van der Waals surface area contributed by atoms with Crippen molar-refractivity contribution in [2.24, 2.45) is 0 Å². The largest absolute Gasteiger partial charge is 0.381 e. The molecule has 8 heavy (non-hydrogen) atoms. The molecule has 0 aromatic carbocycles. The standard InChI is InChI=1S/C5H8Br2O/c6-5(7)1-3-8-4-2-5/h1-4H2. The van der Waals surface area contributed by atoms with Crippen LogP contribution in [0.5, 0.6) is 0 Å². The first-order valence-corrected chi connectivity index (χ1v) is 4.25. The molecule has 1 saturated heterocycles. The number of halogens is 2. The smallest absolute Gasteiger partial charge is 0.0849 e. The zero-order valence-corrected chi connectivity index (χ0v) is 7.66. The van der Waals surface area contributed by atoms with Gasteiger partial charge in [-0.05, 0) is 12.8 Å². The number of hydrogen-bond acceptors (Lipinski definition) is 1. The van der Waals surface area contributed by atoms with Gasteiger partial charge in [-0.1, -0.05) is 31.9 Å². The highest BCUT2D eigenvalue weighted by Crippen LogP contribution is 2.36. The van der Waals surface area contributed by atoms with Gasteiger partial charge in [0.1, 0.15) is 0 Å². The zero-order valence-electron chi connectivity index (χ0n) is 4.49. The summed E-state index contributed by atoms with van der Waals surface area (Å²) < 4.78 is 5.32. The van der Waals surface area contributed by atoms with Crippen LogP contribution in [-0.4, -0.2) is 16.4 Å². The molecule has 1 aliphatic heterocycles. The molecule has 0 atom stereocenters. The first-order valence-electron chi connectivity index (χ1n) is 2.66. The number of hydrogen-bond donors (Lipinski definition) is 0. The highest BCUT2D eigenvalue weighted by Gasteiger charge is 2.25. The molecular formula is C5H8Br2O. The average Bonchev–Trinajstić information content (AvgIpc) is 1.65. The molecule has 1 nitrogen and oxygen atoms in total. The van der Waals surface area contributed by atoms with Crippen LogP contribution in [0.25, 0.3) is 0 Å². The third-order valence-corrected chi connectivity index (χ3v) is 2.81. The lowest BCUT2D eigenvalue weighted by Crippen LogP contribution is -2.23. The summed E-state index contributed by atoms with van der Waals surface area (Å²) in [6, 6.07) is 0. The molecule has 1 fully saturated rings. The average molecular weight is 244 g/mol. The van der Waals surface area contributed by atoms with Gasteiger partial charge in [-0.2, -0.15) is 0 Å². The summed E-state index contributed by atoms with van der Waals surface area (Å²) in [5.74, 6) is 0. The third kappa shape index (κ3) is 2.03. The van der Waals surface area contributed by atoms with Crippen LogP contribution in [0.3, 0.4) is 0 Å². The lowest BCUT2D eigenvalue weighted by atomic mass is 10.2. The Labute approximate surface area is 66.0 Å². The van der Waals surface area contributed by atoms with Crippen molar-refractivity contribution in [2.75, 3.05) is 13.2 Å². The van der Waals surface area contributed by atoms with Crippen molar-refractivity contribution in [1.82, 2.24) is 0 Å². The molecule has 0 unspecified atom stereocenters. The normalized spacial score (nSPS) is 27.8. The van der Waals surface area contributed by atoms with Gasteiger partial charge in [-0.25, -0.2) is 0 Å². The molecule has 1 rings (SSSR count). The lowest BCUT2D eigenvalue weighted by Gasteiger charge is -2.24. The lowest BCUT2D eigenvalue weighted by molar-refractivity contribution is 0.0969. The van der Waals surface area contributed by atoms with Crippen LogP contribution in [0.1, 0.15) is 12.8 Å². The number of alkyl halides is 2. The molecule has 0 aromatic heterocycles. The summed E-state index contributed by atoms with van der Waals surface area (Å²) >= 11 is 7.06. The molecule has 48 valence electrons. The van der Waals surface area contributed by atoms with E-state index in [1.54, 1.807) is 0 Å².